The molecule has 0 bridgehead atoms. The van der Waals surface area contributed by atoms with Crippen LogP contribution in [0.25, 0.3) is 0 Å². The molecule has 0 spiro atoms. The molecule has 2 saturated carbocycles. The van der Waals surface area contributed by atoms with Gasteiger partial charge in [-0.2, -0.15) is 0 Å². The van der Waals surface area contributed by atoms with Crippen molar-refractivity contribution in [2.75, 3.05) is 13.6 Å². The third-order valence-corrected chi connectivity index (χ3v) is 5.71. The van der Waals surface area contributed by atoms with Crippen molar-refractivity contribution in [1.82, 2.24) is 5.32 Å². The van der Waals surface area contributed by atoms with Crippen LogP contribution in [0.5, 0.6) is 0 Å². The first-order valence-corrected chi connectivity index (χ1v) is 8.49. The van der Waals surface area contributed by atoms with Crippen molar-refractivity contribution in [1.29, 1.82) is 0 Å². The zero-order chi connectivity index (χ0) is 12.8. The molecule has 3 atom stereocenters. The Morgan fingerprint density at radius 1 is 0.944 bits per heavy atom. The molecule has 0 aromatic carbocycles. The summed E-state index contributed by atoms with van der Waals surface area (Å²) in [4.78, 5) is 0. The fraction of sp³-hybridized carbons (Fsp3) is 1.00. The van der Waals surface area contributed by atoms with Gasteiger partial charge in [0, 0.05) is 0 Å². The lowest BCUT2D eigenvalue weighted by Gasteiger charge is -2.40. The van der Waals surface area contributed by atoms with Gasteiger partial charge in [-0.05, 0) is 50.1 Å². The van der Waals surface area contributed by atoms with E-state index in [1.54, 1.807) is 0 Å². The molecule has 1 nitrogen and oxygen atoms in total. The van der Waals surface area contributed by atoms with E-state index in [1.807, 2.05) is 0 Å². The van der Waals surface area contributed by atoms with Crippen LogP contribution >= 0.6 is 0 Å². The van der Waals surface area contributed by atoms with Crippen LogP contribution in [0.3, 0.4) is 0 Å². The number of hydrogen-bond acceptors (Lipinski definition) is 1. The number of nitrogens with one attached hydrogen (secondary N) is 1. The average Bonchev–Trinajstić information content (AvgIpc) is 2.68. The molecular formula is C17H33N. The van der Waals surface area contributed by atoms with Crippen LogP contribution < -0.4 is 5.32 Å². The molecule has 0 amide bonds. The van der Waals surface area contributed by atoms with Gasteiger partial charge in [0.25, 0.3) is 0 Å². The predicted octanol–water partition coefficient (Wildman–Crippen LogP) is 4.62. The predicted molar refractivity (Wildman–Crippen MR) is 79.7 cm³/mol. The van der Waals surface area contributed by atoms with Gasteiger partial charge in [0.15, 0.2) is 0 Å². The minimum absolute atomic E-state index is 0.973. The maximum Gasteiger partial charge on any atom is -0.00208 e. The van der Waals surface area contributed by atoms with Crippen molar-refractivity contribution in [3.8, 4) is 0 Å². The van der Waals surface area contributed by atoms with Gasteiger partial charge in [0.05, 0.1) is 0 Å². The second-order valence-electron chi connectivity index (χ2n) is 6.82. The SMILES string of the molecule is CCC1CCC(CNC)C(C2CCCCCC2)C1. The van der Waals surface area contributed by atoms with E-state index in [-0.39, 0.29) is 0 Å². The first-order valence-electron chi connectivity index (χ1n) is 8.49. The summed E-state index contributed by atoms with van der Waals surface area (Å²) in [6.45, 7) is 3.66. The highest BCUT2D eigenvalue weighted by atomic mass is 14.8. The summed E-state index contributed by atoms with van der Waals surface area (Å²) in [5.74, 6) is 4.10. The molecule has 0 aliphatic heterocycles. The minimum atomic E-state index is 0.973. The van der Waals surface area contributed by atoms with Crippen molar-refractivity contribution < 1.29 is 0 Å². The summed E-state index contributed by atoms with van der Waals surface area (Å²) in [6.07, 6.45) is 15.0. The summed E-state index contributed by atoms with van der Waals surface area (Å²) in [6, 6.07) is 0. The molecular weight excluding hydrogens is 218 g/mol. The van der Waals surface area contributed by atoms with Gasteiger partial charge in [-0.25, -0.2) is 0 Å². The number of rotatable bonds is 4. The zero-order valence-corrected chi connectivity index (χ0v) is 12.6. The molecule has 0 aromatic heterocycles. The quantitative estimate of drug-likeness (QED) is 0.719. The van der Waals surface area contributed by atoms with Crippen molar-refractivity contribution in [2.24, 2.45) is 23.7 Å². The molecule has 2 rings (SSSR count). The highest BCUT2D eigenvalue weighted by Gasteiger charge is 2.34. The molecule has 3 unspecified atom stereocenters. The van der Waals surface area contributed by atoms with Gasteiger partial charge in [0.1, 0.15) is 0 Å². The lowest BCUT2D eigenvalue weighted by Crippen LogP contribution is -2.36. The van der Waals surface area contributed by atoms with E-state index >= 15 is 0 Å². The standard InChI is InChI=1S/C17H33N/c1-3-14-10-11-16(13-18-2)17(12-14)15-8-6-4-5-7-9-15/h14-18H,3-13H2,1-2H3. The summed E-state index contributed by atoms with van der Waals surface area (Å²) in [5, 5.41) is 3.45. The summed E-state index contributed by atoms with van der Waals surface area (Å²) in [7, 11) is 2.13. The smallest absolute Gasteiger partial charge is 0.00208 e. The van der Waals surface area contributed by atoms with Crippen LogP contribution in [0.15, 0.2) is 0 Å². The average molecular weight is 251 g/mol. The van der Waals surface area contributed by atoms with Crippen molar-refractivity contribution in [3.63, 3.8) is 0 Å². The molecule has 2 aliphatic carbocycles. The van der Waals surface area contributed by atoms with Crippen LogP contribution in [0.1, 0.15) is 71.1 Å². The Hall–Kier alpha value is -0.0400. The van der Waals surface area contributed by atoms with Gasteiger partial charge in [-0.1, -0.05) is 58.3 Å². The maximum absolute atomic E-state index is 3.45. The molecule has 18 heavy (non-hydrogen) atoms. The highest BCUT2D eigenvalue weighted by molar-refractivity contribution is 4.86. The van der Waals surface area contributed by atoms with E-state index in [2.05, 4.69) is 19.3 Å². The Morgan fingerprint density at radius 3 is 2.28 bits per heavy atom. The molecule has 2 aliphatic rings. The second-order valence-corrected chi connectivity index (χ2v) is 6.82. The van der Waals surface area contributed by atoms with Gasteiger partial charge < -0.3 is 5.32 Å². The fourth-order valence-electron chi connectivity index (χ4n) is 4.56. The zero-order valence-electron chi connectivity index (χ0n) is 12.6. The Kier molecular flexibility index (Phi) is 6.01. The molecule has 106 valence electrons. The lowest BCUT2D eigenvalue weighted by atomic mass is 9.66. The fourth-order valence-corrected chi connectivity index (χ4v) is 4.56. The largest absolute Gasteiger partial charge is 0.319 e. The van der Waals surface area contributed by atoms with Crippen molar-refractivity contribution in [2.45, 2.75) is 71.1 Å². The normalized spacial score (nSPS) is 35.3. The monoisotopic (exact) mass is 251 g/mol. The first-order chi connectivity index (χ1) is 8.85. The topological polar surface area (TPSA) is 12.0 Å². The molecule has 1 heteroatoms. The summed E-state index contributed by atoms with van der Waals surface area (Å²) < 4.78 is 0. The van der Waals surface area contributed by atoms with Crippen molar-refractivity contribution >= 4 is 0 Å². The molecule has 0 saturated heterocycles. The molecule has 0 heterocycles. The molecule has 0 aromatic rings. The van der Waals surface area contributed by atoms with E-state index in [0.717, 1.165) is 23.7 Å². The van der Waals surface area contributed by atoms with Gasteiger partial charge in [0.2, 0.25) is 0 Å². The van der Waals surface area contributed by atoms with Gasteiger partial charge >= 0.3 is 0 Å². The highest BCUT2D eigenvalue weighted by Crippen LogP contribution is 2.43. The Labute approximate surface area is 114 Å². The van der Waals surface area contributed by atoms with Gasteiger partial charge in [-0.15, -0.1) is 0 Å². The summed E-state index contributed by atoms with van der Waals surface area (Å²) in [5.41, 5.74) is 0. The Bertz CT molecular complexity index is 218. The third kappa shape index (κ3) is 3.73. The van der Waals surface area contributed by atoms with Crippen LogP contribution in [-0.4, -0.2) is 13.6 Å². The van der Waals surface area contributed by atoms with Crippen LogP contribution in [-0.2, 0) is 0 Å². The van der Waals surface area contributed by atoms with E-state index in [4.69, 9.17) is 0 Å². The molecule has 0 radical (unpaired) electrons. The van der Waals surface area contributed by atoms with Crippen LogP contribution in [0.2, 0.25) is 0 Å². The first kappa shape index (κ1) is 14.4. The van der Waals surface area contributed by atoms with Crippen LogP contribution in [0.4, 0.5) is 0 Å². The van der Waals surface area contributed by atoms with Gasteiger partial charge in [-0.3, -0.25) is 0 Å². The Balaban J connectivity index is 1.98. The third-order valence-electron chi connectivity index (χ3n) is 5.71. The van der Waals surface area contributed by atoms with Crippen molar-refractivity contribution in [3.05, 3.63) is 0 Å². The van der Waals surface area contributed by atoms with Crippen LogP contribution in [0, 0.1) is 23.7 Å². The maximum atomic E-state index is 3.45. The van der Waals surface area contributed by atoms with E-state index in [1.165, 1.54) is 70.8 Å². The van der Waals surface area contributed by atoms with E-state index in [9.17, 15) is 0 Å². The lowest BCUT2D eigenvalue weighted by molar-refractivity contribution is 0.108. The number of hydrogen-bond donors (Lipinski definition) is 1. The van der Waals surface area contributed by atoms with E-state index in [0.29, 0.717) is 0 Å². The van der Waals surface area contributed by atoms with E-state index < -0.39 is 0 Å². The second kappa shape index (κ2) is 7.53. The Morgan fingerprint density at radius 2 is 1.67 bits per heavy atom. The minimum Gasteiger partial charge on any atom is -0.319 e. The summed E-state index contributed by atoms with van der Waals surface area (Å²) >= 11 is 0. The molecule has 1 N–H and O–H groups in total. The molecule has 2 fully saturated rings.